The summed E-state index contributed by atoms with van der Waals surface area (Å²) in [5, 5.41) is 2.95. The summed E-state index contributed by atoms with van der Waals surface area (Å²) in [6.07, 6.45) is 1.46. The Kier molecular flexibility index (Phi) is 6.13. The van der Waals surface area contributed by atoms with Crippen molar-refractivity contribution in [2.75, 3.05) is 31.7 Å². The molecule has 2 fully saturated rings. The van der Waals surface area contributed by atoms with Crippen LogP contribution in [-0.4, -0.2) is 53.9 Å². The van der Waals surface area contributed by atoms with Crippen LogP contribution in [0.15, 0.2) is 48.5 Å². The van der Waals surface area contributed by atoms with E-state index in [4.69, 9.17) is 9.47 Å². The van der Waals surface area contributed by atoms with Gasteiger partial charge in [-0.15, -0.1) is 0 Å². The molecule has 3 aliphatic rings. The molecule has 3 heterocycles. The lowest BCUT2D eigenvalue weighted by Crippen LogP contribution is -2.44. The number of benzene rings is 2. The minimum absolute atomic E-state index is 0.0192. The first-order chi connectivity index (χ1) is 16.5. The molecule has 2 atom stereocenters. The Morgan fingerprint density at radius 2 is 1.74 bits per heavy atom. The molecule has 0 bridgehead atoms. The zero-order valence-corrected chi connectivity index (χ0v) is 19.2. The third-order valence-corrected chi connectivity index (χ3v) is 7.07. The van der Waals surface area contributed by atoms with E-state index in [1.54, 1.807) is 18.2 Å². The number of nitrogens with zero attached hydrogens (tertiary/aromatic N) is 2. The first-order valence-electron chi connectivity index (χ1n) is 11.8. The van der Waals surface area contributed by atoms with Gasteiger partial charge in [0.05, 0.1) is 12.0 Å². The molecule has 3 aliphatic heterocycles. The third kappa shape index (κ3) is 4.44. The van der Waals surface area contributed by atoms with Crippen LogP contribution in [0.3, 0.4) is 0 Å². The van der Waals surface area contributed by atoms with Gasteiger partial charge in [-0.05, 0) is 37.5 Å². The molecule has 8 heteroatoms. The summed E-state index contributed by atoms with van der Waals surface area (Å²) in [5.41, 5.74) is 1.74. The third-order valence-electron chi connectivity index (χ3n) is 7.07. The fourth-order valence-corrected chi connectivity index (χ4v) is 5.02. The van der Waals surface area contributed by atoms with Crippen molar-refractivity contribution in [3.63, 3.8) is 0 Å². The van der Waals surface area contributed by atoms with Gasteiger partial charge in [-0.25, -0.2) is 0 Å². The summed E-state index contributed by atoms with van der Waals surface area (Å²) in [6, 6.07) is 15.2. The second-order valence-corrected chi connectivity index (χ2v) is 9.19. The summed E-state index contributed by atoms with van der Waals surface area (Å²) in [6.45, 7) is 3.69. The number of likely N-dealkylation sites (tertiary alicyclic amines) is 2. The number of amides is 3. The molecule has 0 aromatic heterocycles. The molecule has 2 saturated heterocycles. The van der Waals surface area contributed by atoms with Crippen molar-refractivity contribution in [1.29, 1.82) is 0 Å². The number of ether oxygens (including phenoxy) is 2. The normalized spacial score (nSPS) is 21.0. The lowest BCUT2D eigenvalue weighted by Gasteiger charge is -2.33. The van der Waals surface area contributed by atoms with E-state index >= 15 is 0 Å². The number of carbonyl (C=O) groups is 3. The standard InChI is InChI=1S/C26H29N3O5/c1-17(18-5-3-2-4-6-18)29-15-20(13-24(29)30)26(32)28-11-9-19(10-12-28)25(31)27-21-7-8-22-23(14-21)34-16-33-22/h2-8,14,17,19-20H,9-13,15-16H2,1H3,(H,27,31)/t17-,20-/m0/s1. The zero-order chi connectivity index (χ0) is 23.7. The van der Waals surface area contributed by atoms with Crippen LogP contribution < -0.4 is 14.8 Å². The lowest BCUT2D eigenvalue weighted by molar-refractivity contribution is -0.138. The minimum Gasteiger partial charge on any atom is -0.454 e. The molecule has 34 heavy (non-hydrogen) atoms. The number of hydrogen-bond donors (Lipinski definition) is 1. The molecule has 0 saturated carbocycles. The molecular weight excluding hydrogens is 434 g/mol. The van der Waals surface area contributed by atoms with E-state index in [0.29, 0.717) is 49.7 Å². The second kappa shape index (κ2) is 9.37. The summed E-state index contributed by atoms with van der Waals surface area (Å²) >= 11 is 0. The Hall–Kier alpha value is -3.55. The molecule has 8 nitrogen and oxygen atoms in total. The average molecular weight is 464 g/mol. The zero-order valence-electron chi connectivity index (χ0n) is 19.2. The van der Waals surface area contributed by atoms with Crippen molar-refractivity contribution in [1.82, 2.24) is 9.80 Å². The quantitative estimate of drug-likeness (QED) is 0.736. The van der Waals surface area contributed by atoms with Gasteiger partial charge in [0.25, 0.3) is 0 Å². The molecule has 1 N–H and O–H groups in total. The fourth-order valence-electron chi connectivity index (χ4n) is 5.02. The Morgan fingerprint density at radius 3 is 2.50 bits per heavy atom. The summed E-state index contributed by atoms with van der Waals surface area (Å²) < 4.78 is 10.7. The maximum atomic E-state index is 13.1. The van der Waals surface area contributed by atoms with E-state index in [2.05, 4.69) is 5.32 Å². The number of rotatable bonds is 5. The van der Waals surface area contributed by atoms with E-state index in [9.17, 15) is 14.4 Å². The van der Waals surface area contributed by atoms with Gasteiger partial charge < -0.3 is 24.6 Å². The first-order valence-corrected chi connectivity index (χ1v) is 11.8. The Morgan fingerprint density at radius 1 is 1.00 bits per heavy atom. The molecule has 2 aromatic carbocycles. The van der Waals surface area contributed by atoms with Crippen LogP contribution in [0.2, 0.25) is 0 Å². The van der Waals surface area contributed by atoms with E-state index in [1.165, 1.54) is 0 Å². The Balaban J connectivity index is 1.13. The first kappa shape index (κ1) is 22.3. The molecule has 0 radical (unpaired) electrons. The molecular formula is C26H29N3O5. The molecule has 2 aromatic rings. The van der Waals surface area contributed by atoms with Gasteiger partial charge in [0.1, 0.15) is 0 Å². The number of anilines is 1. The van der Waals surface area contributed by atoms with Crippen molar-refractivity contribution >= 4 is 23.4 Å². The predicted molar refractivity (Wildman–Crippen MR) is 125 cm³/mol. The number of carbonyl (C=O) groups excluding carboxylic acids is 3. The van der Waals surface area contributed by atoms with Crippen LogP contribution in [0.25, 0.3) is 0 Å². The van der Waals surface area contributed by atoms with Gasteiger partial charge in [-0.3, -0.25) is 14.4 Å². The molecule has 0 spiro atoms. The maximum absolute atomic E-state index is 13.1. The molecule has 3 amide bonds. The van der Waals surface area contributed by atoms with Gasteiger partial charge in [0.2, 0.25) is 24.5 Å². The van der Waals surface area contributed by atoms with Crippen LogP contribution in [-0.2, 0) is 14.4 Å². The predicted octanol–water partition coefficient (Wildman–Crippen LogP) is 3.20. The van der Waals surface area contributed by atoms with Crippen molar-refractivity contribution in [3.05, 3.63) is 54.1 Å². The van der Waals surface area contributed by atoms with Crippen molar-refractivity contribution < 1.29 is 23.9 Å². The highest BCUT2D eigenvalue weighted by molar-refractivity contribution is 5.93. The highest BCUT2D eigenvalue weighted by Gasteiger charge is 2.40. The van der Waals surface area contributed by atoms with Crippen LogP contribution in [0.1, 0.15) is 37.8 Å². The van der Waals surface area contributed by atoms with Gasteiger partial charge >= 0.3 is 0 Å². The summed E-state index contributed by atoms with van der Waals surface area (Å²) in [5.74, 6) is 0.808. The highest BCUT2D eigenvalue weighted by Crippen LogP contribution is 2.35. The maximum Gasteiger partial charge on any atom is 0.231 e. The summed E-state index contributed by atoms with van der Waals surface area (Å²) in [4.78, 5) is 42.2. The molecule has 5 rings (SSSR count). The van der Waals surface area contributed by atoms with E-state index in [1.807, 2.05) is 47.1 Å². The largest absolute Gasteiger partial charge is 0.454 e. The number of hydrogen-bond acceptors (Lipinski definition) is 5. The van der Waals surface area contributed by atoms with E-state index in [0.717, 1.165) is 5.56 Å². The minimum atomic E-state index is -0.322. The van der Waals surface area contributed by atoms with Crippen LogP contribution in [0, 0.1) is 11.8 Å². The van der Waals surface area contributed by atoms with E-state index in [-0.39, 0.29) is 48.8 Å². The fraction of sp³-hybridized carbons (Fsp3) is 0.423. The van der Waals surface area contributed by atoms with Crippen LogP contribution >= 0.6 is 0 Å². The van der Waals surface area contributed by atoms with Gasteiger partial charge in [0, 0.05) is 43.7 Å². The van der Waals surface area contributed by atoms with Crippen molar-refractivity contribution in [3.8, 4) is 11.5 Å². The number of piperidine rings is 1. The smallest absolute Gasteiger partial charge is 0.231 e. The highest BCUT2D eigenvalue weighted by atomic mass is 16.7. The van der Waals surface area contributed by atoms with Crippen LogP contribution in [0.4, 0.5) is 5.69 Å². The van der Waals surface area contributed by atoms with Gasteiger partial charge in [0.15, 0.2) is 11.5 Å². The van der Waals surface area contributed by atoms with Gasteiger partial charge in [-0.1, -0.05) is 30.3 Å². The molecule has 0 unspecified atom stereocenters. The van der Waals surface area contributed by atoms with Gasteiger partial charge in [-0.2, -0.15) is 0 Å². The number of nitrogens with one attached hydrogen (secondary N) is 1. The monoisotopic (exact) mass is 463 g/mol. The lowest BCUT2D eigenvalue weighted by atomic mass is 9.94. The molecule has 0 aliphatic carbocycles. The second-order valence-electron chi connectivity index (χ2n) is 9.19. The average Bonchev–Trinajstić information content (AvgIpc) is 3.50. The van der Waals surface area contributed by atoms with Crippen molar-refractivity contribution in [2.24, 2.45) is 11.8 Å². The van der Waals surface area contributed by atoms with Crippen LogP contribution in [0.5, 0.6) is 11.5 Å². The Bertz CT molecular complexity index is 1080. The topological polar surface area (TPSA) is 88.2 Å². The van der Waals surface area contributed by atoms with Crippen molar-refractivity contribution in [2.45, 2.75) is 32.2 Å². The number of fused-ring (bicyclic) bond motifs is 1. The SMILES string of the molecule is C[C@@H](c1ccccc1)N1C[C@@H](C(=O)N2CCC(C(=O)Nc3ccc4c(c3)OCO4)CC2)CC1=O. The van der Waals surface area contributed by atoms with E-state index < -0.39 is 0 Å². The molecule has 178 valence electrons. The summed E-state index contributed by atoms with van der Waals surface area (Å²) in [7, 11) is 0. The Labute approximate surface area is 198 Å².